The number of H-pyrrole nitrogens is 1. The average molecular weight is 298 g/mol. The van der Waals surface area contributed by atoms with Crippen molar-refractivity contribution in [1.82, 2.24) is 10.2 Å². The maximum absolute atomic E-state index is 11.9. The average Bonchev–Trinajstić information content (AvgIpc) is 3.07. The van der Waals surface area contributed by atoms with Gasteiger partial charge in [0, 0.05) is 12.7 Å². The van der Waals surface area contributed by atoms with Crippen LogP contribution in [0.4, 0.5) is 5.82 Å². The van der Waals surface area contributed by atoms with Crippen molar-refractivity contribution < 1.29 is 9.53 Å². The molecule has 1 unspecified atom stereocenters. The molecule has 7 heteroatoms. The van der Waals surface area contributed by atoms with Crippen LogP contribution in [-0.4, -0.2) is 29.3 Å². The summed E-state index contributed by atoms with van der Waals surface area (Å²) in [5.41, 5.74) is 0.842. The fourth-order valence-corrected chi connectivity index (χ4v) is 2.95. The first-order valence-corrected chi connectivity index (χ1v) is 7.11. The molecule has 3 rings (SSSR count). The SMILES string of the molecule is O=C(Nc1cc(-c2ccc(Cl)s2)[nH]n1)C1CCOC1. The van der Waals surface area contributed by atoms with Crippen LogP contribution in [0.3, 0.4) is 0 Å². The van der Waals surface area contributed by atoms with Crippen molar-refractivity contribution in [2.45, 2.75) is 6.42 Å². The number of anilines is 1. The van der Waals surface area contributed by atoms with Gasteiger partial charge in [0.25, 0.3) is 0 Å². The molecular weight excluding hydrogens is 286 g/mol. The van der Waals surface area contributed by atoms with Crippen LogP contribution in [-0.2, 0) is 9.53 Å². The van der Waals surface area contributed by atoms with Crippen molar-refractivity contribution in [1.29, 1.82) is 0 Å². The number of carbonyl (C=O) groups excluding carboxylic acids is 1. The fraction of sp³-hybridized carbons (Fsp3) is 0.333. The van der Waals surface area contributed by atoms with Crippen LogP contribution in [0, 0.1) is 5.92 Å². The predicted molar refractivity (Wildman–Crippen MR) is 74.5 cm³/mol. The van der Waals surface area contributed by atoms with Gasteiger partial charge >= 0.3 is 0 Å². The van der Waals surface area contributed by atoms with E-state index < -0.39 is 0 Å². The molecule has 2 N–H and O–H groups in total. The Hall–Kier alpha value is -1.37. The van der Waals surface area contributed by atoms with Crippen LogP contribution in [0.25, 0.3) is 10.6 Å². The number of amides is 1. The van der Waals surface area contributed by atoms with Crippen molar-refractivity contribution in [2.24, 2.45) is 5.92 Å². The highest BCUT2D eigenvalue weighted by molar-refractivity contribution is 7.19. The van der Waals surface area contributed by atoms with Crippen LogP contribution in [0.2, 0.25) is 4.34 Å². The number of carbonyl (C=O) groups is 1. The molecule has 0 aromatic carbocycles. The molecule has 5 nitrogen and oxygen atoms in total. The zero-order valence-corrected chi connectivity index (χ0v) is 11.6. The quantitative estimate of drug-likeness (QED) is 0.915. The van der Waals surface area contributed by atoms with E-state index >= 15 is 0 Å². The van der Waals surface area contributed by atoms with Gasteiger partial charge in [-0.2, -0.15) is 5.10 Å². The van der Waals surface area contributed by atoms with Crippen LogP contribution in [0.1, 0.15) is 6.42 Å². The molecule has 0 spiro atoms. The lowest BCUT2D eigenvalue weighted by Crippen LogP contribution is -2.22. The van der Waals surface area contributed by atoms with Gasteiger partial charge in [-0.05, 0) is 18.6 Å². The number of nitrogens with one attached hydrogen (secondary N) is 2. The van der Waals surface area contributed by atoms with Crippen molar-refractivity contribution in [3.8, 4) is 10.6 Å². The number of rotatable bonds is 3. The Kier molecular flexibility index (Phi) is 3.54. The Morgan fingerprint density at radius 3 is 3.16 bits per heavy atom. The van der Waals surface area contributed by atoms with Crippen LogP contribution in [0.15, 0.2) is 18.2 Å². The van der Waals surface area contributed by atoms with E-state index in [9.17, 15) is 4.79 Å². The number of halogens is 1. The minimum absolute atomic E-state index is 0.0419. The third-order valence-corrected chi connectivity index (χ3v) is 4.23. The molecule has 1 amide bonds. The maximum atomic E-state index is 11.9. The molecule has 3 heterocycles. The lowest BCUT2D eigenvalue weighted by Gasteiger charge is -2.05. The standard InChI is InChI=1S/C12H12ClN3O2S/c13-10-2-1-9(19-10)8-5-11(16-15-8)14-12(17)7-3-4-18-6-7/h1-2,5,7H,3-4,6H2,(H2,14,15,16,17). The smallest absolute Gasteiger partial charge is 0.231 e. The molecule has 0 radical (unpaired) electrons. The molecule has 0 aliphatic carbocycles. The van der Waals surface area contributed by atoms with Gasteiger partial charge in [0.15, 0.2) is 5.82 Å². The second-order valence-corrected chi connectivity index (χ2v) is 6.04. The Labute approximate surface area is 118 Å². The monoisotopic (exact) mass is 297 g/mol. The summed E-state index contributed by atoms with van der Waals surface area (Å²) in [7, 11) is 0. The molecule has 1 fully saturated rings. The maximum Gasteiger partial charge on any atom is 0.231 e. The summed E-state index contributed by atoms with van der Waals surface area (Å²) in [4.78, 5) is 12.9. The molecule has 0 saturated carbocycles. The topological polar surface area (TPSA) is 67.0 Å². The summed E-state index contributed by atoms with van der Waals surface area (Å²) in [6.07, 6.45) is 0.768. The highest BCUT2D eigenvalue weighted by atomic mass is 35.5. The van der Waals surface area contributed by atoms with Gasteiger partial charge in [-0.3, -0.25) is 9.89 Å². The summed E-state index contributed by atoms with van der Waals surface area (Å²) < 4.78 is 5.91. The summed E-state index contributed by atoms with van der Waals surface area (Å²) in [6, 6.07) is 5.54. The lowest BCUT2D eigenvalue weighted by atomic mass is 10.1. The van der Waals surface area contributed by atoms with E-state index in [0.29, 0.717) is 19.0 Å². The molecule has 2 aromatic heterocycles. The second kappa shape index (κ2) is 5.32. The van der Waals surface area contributed by atoms with Crippen molar-refractivity contribution in [3.05, 3.63) is 22.5 Å². The summed E-state index contributed by atoms with van der Waals surface area (Å²) in [5, 5.41) is 9.76. The minimum Gasteiger partial charge on any atom is -0.381 e. The van der Waals surface area contributed by atoms with Crippen LogP contribution < -0.4 is 5.32 Å². The molecule has 1 atom stereocenters. The van der Waals surface area contributed by atoms with Gasteiger partial charge in [0.2, 0.25) is 5.91 Å². The fourth-order valence-electron chi connectivity index (χ4n) is 1.94. The van der Waals surface area contributed by atoms with E-state index in [0.717, 1.165) is 21.3 Å². The number of nitrogens with zero attached hydrogens (tertiary/aromatic N) is 1. The second-order valence-electron chi connectivity index (χ2n) is 4.32. The van der Waals surface area contributed by atoms with Gasteiger partial charge in [0.05, 0.1) is 27.4 Å². The molecule has 0 bridgehead atoms. The number of aromatic nitrogens is 2. The minimum atomic E-state index is -0.0728. The number of ether oxygens (including phenoxy) is 1. The first-order chi connectivity index (χ1) is 9.22. The van der Waals surface area contributed by atoms with Gasteiger partial charge in [-0.15, -0.1) is 11.3 Å². The highest BCUT2D eigenvalue weighted by Crippen LogP contribution is 2.30. The zero-order valence-electron chi connectivity index (χ0n) is 9.98. The number of thiophene rings is 1. The summed E-state index contributed by atoms with van der Waals surface area (Å²) >= 11 is 7.35. The molecular formula is C12H12ClN3O2S. The summed E-state index contributed by atoms with van der Waals surface area (Å²) in [5.74, 6) is 0.410. The van der Waals surface area contributed by atoms with Gasteiger partial charge in [0.1, 0.15) is 0 Å². The Morgan fingerprint density at radius 1 is 1.58 bits per heavy atom. The summed E-state index contributed by atoms with van der Waals surface area (Å²) in [6.45, 7) is 1.14. The normalized spacial score (nSPS) is 18.7. The Balaban J connectivity index is 1.69. The number of aromatic amines is 1. The highest BCUT2D eigenvalue weighted by Gasteiger charge is 2.24. The third-order valence-electron chi connectivity index (χ3n) is 2.97. The van der Waals surface area contributed by atoms with E-state index in [2.05, 4.69) is 15.5 Å². The molecule has 1 saturated heterocycles. The lowest BCUT2D eigenvalue weighted by molar-refractivity contribution is -0.119. The third kappa shape index (κ3) is 2.80. The zero-order chi connectivity index (χ0) is 13.2. The molecule has 19 heavy (non-hydrogen) atoms. The predicted octanol–water partition coefficient (Wildman–Crippen LogP) is 2.77. The number of hydrogen-bond donors (Lipinski definition) is 2. The van der Waals surface area contributed by atoms with Crippen molar-refractivity contribution >= 4 is 34.7 Å². The van der Waals surface area contributed by atoms with Gasteiger partial charge < -0.3 is 10.1 Å². The van der Waals surface area contributed by atoms with Gasteiger partial charge in [-0.1, -0.05) is 11.6 Å². The molecule has 1 aliphatic heterocycles. The van der Waals surface area contributed by atoms with E-state index in [1.807, 2.05) is 12.1 Å². The van der Waals surface area contributed by atoms with Crippen LogP contribution >= 0.6 is 22.9 Å². The number of hydrogen-bond acceptors (Lipinski definition) is 4. The van der Waals surface area contributed by atoms with E-state index in [1.54, 1.807) is 6.07 Å². The van der Waals surface area contributed by atoms with E-state index in [-0.39, 0.29) is 11.8 Å². The van der Waals surface area contributed by atoms with Crippen molar-refractivity contribution in [2.75, 3.05) is 18.5 Å². The van der Waals surface area contributed by atoms with E-state index in [1.165, 1.54) is 11.3 Å². The van der Waals surface area contributed by atoms with E-state index in [4.69, 9.17) is 16.3 Å². The molecule has 2 aromatic rings. The first-order valence-electron chi connectivity index (χ1n) is 5.92. The first kappa shape index (κ1) is 12.7. The largest absolute Gasteiger partial charge is 0.381 e. The Morgan fingerprint density at radius 2 is 2.47 bits per heavy atom. The molecule has 1 aliphatic rings. The van der Waals surface area contributed by atoms with Gasteiger partial charge in [-0.25, -0.2) is 0 Å². The molecule has 100 valence electrons. The van der Waals surface area contributed by atoms with Crippen molar-refractivity contribution in [3.63, 3.8) is 0 Å². The van der Waals surface area contributed by atoms with Crippen LogP contribution in [0.5, 0.6) is 0 Å². The Bertz CT molecular complexity index is 589.